The zero-order valence-electron chi connectivity index (χ0n) is 6.64. The fourth-order valence-corrected chi connectivity index (χ4v) is 1.46. The number of ketones is 1. The number of carbonyl (C=O) groups is 2. The van der Waals surface area contributed by atoms with E-state index in [1.807, 2.05) is 0 Å². The summed E-state index contributed by atoms with van der Waals surface area (Å²) in [5.41, 5.74) is 0.449. The first-order valence-corrected chi connectivity index (χ1v) is 4.52. The summed E-state index contributed by atoms with van der Waals surface area (Å²) in [6, 6.07) is 1.60. The summed E-state index contributed by atoms with van der Waals surface area (Å²) in [6.45, 7) is 0. The van der Waals surface area contributed by atoms with Gasteiger partial charge in [0.1, 0.15) is 0 Å². The molecule has 0 fully saturated rings. The Bertz CT molecular complexity index is 304. The van der Waals surface area contributed by atoms with E-state index >= 15 is 0 Å². The topological polar surface area (TPSA) is 74.6 Å². The van der Waals surface area contributed by atoms with Gasteiger partial charge in [0.05, 0.1) is 0 Å². The summed E-state index contributed by atoms with van der Waals surface area (Å²) in [4.78, 5) is 21.4. The van der Waals surface area contributed by atoms with Crippen LogP contribution in [-0.2, 0) is 4.79 Å². The van der Waals surface area contributed by atoms with Crippen molar-refractivity contribution in [2.24, 2.45) is 0 Å². The van der Waals surface area contributed by atoms with Gasteiger partial charge in [-0.05, 0) is 11.4 Å². The Morgan fingerprint density at radius 3 is 2.69 bits per heavy atom. The Labute approximate surface area is 78.4 Å². The van der Waals surface area contributed by atoms with Crippen LogP contribution in [0.2, 0.25) is 0 Å². The summed E-state index contributed by atoms with van der Waals surface area (Å²) in [6.07, 6.45) is -1.97. The number of carboxylic acid groups (broad SMARTS) is 1. The molecule has 5 heteroatoms. The molecule has 70 valence electrons. The number of carbonyl (C=O) groups excluding carboxylic acids is 1. The van der Waals surface area contributed by atoms with Crippen LogP contribution < -0.4 is 0 Å². The van der Waals surface area contributed by atoms with Crippen LogP contribution in [0.5, 0.6) is 0 Å². The first-order valence-electron chi connectivity index (χ1n) is 3.57. The van der Waals surface area contributed by atoms with Gasteiger partial charge in [0, 0.05) is 17.4 Å². The number of thiophene rings is 1. The SMILES string of the molecule is O=C(CC(O)C(=O)O)c1ccsc1. The Hall–Kier alpha value is -1.20. The fourth-order valence-electron chi connectivity index (χ4n) is 0.804. The third-order valence-corrected chi connectivity index (χ3v) is 2.19. The highest BCUT2D eigenvalue weighted by atomic mass is 32.1. The second kappa shape index (κ2) is 4.15. The van der Waals surface area contributed by atoms with Crippen molar-refractivity contribution < 1.29 is 19.8 Å². The number of hydrogen-bond acceptors (Lipinski definition) is 4. The van der Waals surface area contributed by atoms with Gasteiger partial charge in [-0.2, -0.15) is 11.3 Å². The normalized spacial score (nSPS) is 12.4. The minimum Gasteiger partial charge on any atom is -0.479 e. The van der Waals surface area contributed by atoms with E-state index in [0.29, 0.717) is 5.56 Å². The molecular weight excluding hydrogens is 192 g/mol. The largest absolute Gasteiger partial charge is 0.479 e. The molecule has 0 spiro atoms. The number of aliphatic hydroxyl groups is 1. The summed E-state index contributed by atoms with van der Waals surface area (Å²) < 4.78 is 0. The van der Waals surface area contributed by atoms with Gasteiger partial charge in [-0.3, -0.25) is 4.79 Å². The molecule has 0 saturated carbocycles. The summed E-state index contributed by atoms with van der Waals surface area (Å²) >= 11 is 1.35. The zero-order valence-corrected chi connectivity index (χ0v) is 7.45. The lowest BCUT2D eigenvalue weighted by molar-refractivity contribution is -0.146. The second-order valence-electron chi connectivity index (χ2n) is 2.49. The molecule has 1 atom stereocenters. The molecule has 1 heterocycles. The number of rotatable bonds is 4. The number of carboxylic acids is 1. The van der Waals surface area contributed by atoms with E-state index in [0.717, 1.165) is 0 Å². The first-order chi connectivity index (χ1) is 6.11. The van der Waals surface area contributed by atoms with Gasteiger partial charge in [-0.1, -0.05) is 0 Å². The van der Waals surface area contributed by atoms with Gasteiger partial charge in [0.2, 0.25) is 0 Å². The molecular formula is C8H8O4S. The van der Waals surface area contributed by atoms with E-state index < -0.39 is 12.1 Å². The minimum absolute atomic E-state index is 0.351. The zero-order chi connectivity index (χ0) is 9.84. The number of Topliss-reactive ketones (excluding diaryl/α,β-unsaturated/α-hetero) is 1. The molecule has 2 N–H and O–H groups in total. The quantitative estimate of drug-likeness (QED) is 0.704. The van der Waals surface area contributed by atoms with E-state index in [2.05, 4.69) is 0 Å². The molecule has 1 unspecified atom stereocenters. The molecule has 0 bridgehead atoms. The average Bonchev–Trinajstić information content (AvgIpc) is 2.55. The molecule has 0 aliphatic heterocycles. The van der Waals surface area contributed by atoms with Crippen LogP contribution in [0.1, 0.15) is 16.8 Å². The molecule has 13 heavy (non-hydrogen) atoms. The molecule has 0 aliphatic carbocycles. The third-order valence-electron chi connectivity index (χ3n) is 1.51. The van der Waals surface area contributed by atoms with Crippen LogP contribution in [-0.4, -0.2) is 28.1 Å². The smallest absolute Gasteiger partial charge is 0.332 e. The van der Waals surface area contributed by atoms with Gasteiger partial charge in [0.15, 0.2) is 11.9 Å². The molecule has 4 nitrogen and oxygen atoms in total. The van der Waals surface area contributed by atoms with E-state index in [9.17, 15) is 9.59 Å². The van der Waals surface area contributed by atoms with Crippen LogP contribution in [0.4, 0.5) is 0 Å². The van der Waals surface area contributed by atoms with Crippen molar-refractivity contribution >= 4 is 23.1 Å². The predicted molar refractivity (Wildman–Crippen MR) is 46.9 cm³/mol. The van der Waals surface area contributed by atoms with Crippen molar-refractivity contribution in [1.82, 2.24) is 0 Å². The molecule has 1 aromatic rings. The maximum absolute atomic E-state index is 11.2. The lowest BCUT2D eigenvalue weighted by Crippen LogP contribution is -2.22. The van der Waals surface area contributed by atoms with Crippen molar-refractivity contribution in [3.8, 4) is 0 Å². The highest BCUT2D eigenvalue weighted by Crippen LogP contribution is 2.10. The number of aliphatic carboxylic acids is 1. The summed E-state index contributed by atoms with van der Waals surface area (Å²) in [7, 11) is 0. The van der Waals surface area contributed by atoms with Crippen molar-refractivity contribution in [1.29, 1.82) is 0 Å². The Kier molecular flexibility index (Phi) is 3.16. The number of aliphatic hydroxyl groups excluding tert-OH is 1. The molecule has 0 saturated heterocycles. The molecule has 0 aromatic carbocycles. The molecule has 0 radical (unpaired) electrons. The van der Waals surface area contributed by atoms with E-state index in [1.54, 1.807) is 16.8 Å². The fraction of sp³-hybridized carbons (Fsp3) is 0.250. The van der Waals surface area contributed by atoms with Crippen LogP contribution in [0.15, 0.2) is 16.8 Å². The lowest BCUT2D eigenvalue weighted by atomic mass is 10.1. The maximum atomic E-state index is 11.2. The van der Waals surface area contributed by atoms with Gasteiger partial charge in [0.25, 0.3) is 0 Å². The first kappa shape index (κ1) is 9.88. The van der Waals surface area contributed by atoms with Crippen molar-refractivity contribution in [3.05, 3.63) is 22.4 Å². The average molecular weight is 200 g/mol. The Morgan fingerprint density at radius 1 is 1.54 bits per heavy atom. The monoisotopic (exact) mass is 200 g/mol. The van der Waals surface area contributed by atoms with Crippen molar-refractivity contribution in [2.45, 2.75) is 12.5 Å². The number of hydrogen-bond donors (Lipinski definition) is 2. The van der Waals surface area contributed by atoms with Crippen LogP contribution in [0.3, 0.4) is 0 Å². The highest BCUT2D eigenvalue weighted by Gasteiger charge is 2.18. The Morgan fingerprint density at radius 2 is 2.23 bits per heavy atom. The highest BCUT2D eigenvalue weighted by molar-refractivity contribution is 7.08. The molecule has 0 aliphatic rings. The predicted octanol–water partition coefficient (Wildman–Crippen LogP) is 0.766. The lowest BCUT2D eigenvalue weighted by Gasteiger charge is -2.02. The molecule has 1 rings (SSSR count). The van der Waals surface area contributed by atoms with Gasteiger partial charge in [-0.15, -0.1) is 0 Å². The molecule has 0 amide bonds. The van der Waals surface area contributed by atoms with Crippen LogP contribution in [0, 0.1) is 0 Å². The van der Waals surface area contributed by atoms with Gasteiger partial charge >= 0.3 is 5.97 Å². The Balaban J connectivity index is 2.56. The van der Waals surface area contributed by atoms with E-state index in [-0.39, 0.29) is 12.2 Å². The maximum Gasteiger partial charge on any atom is 0.332 e. The van der Waals surface area contributed by atoms with E-state index in [4.69, 9.17) is 10.2 Å². The van der Waals surface area contributed by atoms with Crippen LogP contribution in [0.25, 0.3) is 0 Å². The van der Waals surface area contributed by atoms with Crippen molar-refractivity contribution in [3.63, 3.8) is 0 Å². The van der Waals surface area contributed by atoms with Gasteiger partial charge in [-0.25, -0.2) is 4.79 Å². The second-order valence-corrected chi connectivity index (χ2v) is 3.27. The molecule has 1 aromatic heterocycles. The minimum atomic E-state index is -1.60. The van der Waals surface area contributed by atoms with E-state index in [1.165, 1.54) is 11.3 Å². The third kappa shape index (κ3) is 2.64. The summed E-state index contributed by atoms with van der Waals surface area (Å²) in [5.74, 6) is -1.72. The standard InChI is InChI=1S/C8H8O4S/c9-6(3-7(10)8(11)12)5-1-2-13-4-5/h1-2,4,7,10H,3H2,(H,11,12). The van der Waals surface area contributed by atoms with Crippen LogP contribution >= 0.6 is 11.3 Å². The van der Waals surface area contributed by atoms with Gasteiger partial charge < -0.3 is 10.2 Å². The summed E-state index contributed by atoms with van der Waals surface area (Å²) in [5, 5.41) is 20.6. The van der Waals surface area contributed by atoms with Crippen molar-refractivity contribution in [2.75, 3.05) is 0 Å².